The maximum absolute atomic E-state index is 11.3. The fraction of sp³-hybridized carbons (Fsp3) is 0.690. The molecule has 0 spiro atoms. The largest absolute Gasteiger partial charge is 0.463 e. The normalized spacial score (nSPS) is 28.1. The minimum atomic E-state index is -1.38. The molecule has 40 heavy (non-hydrogen) atoms. The number of nitrogens with two attached hydrogens (primary N) is 1. The molecule has 1 amide bonds. The van der Waals surface area contributed by atoms with Gasteiger partial charge in [-0.2, -0.15) is 9.98 Å². The Kier molecular flexibility index (Phi) is 7.53. The Hall–Kier alpha value is -3.39. The third-order valence-electron chi connectivity index (χ3n) is 9.51. The quantitative estimate of drug-likeness (QED) is 0.266. The van der Waals surface area contributed by atoms with Crippen LogP contribution >= 0.6 is 0 Å². The van der Waals surface area contributed by atoms with E-state index in [2.05, 4.69) is 37.6 Å². The summed E-state index contributed by atoms with van der Waals surface area (Å²) in [5.41, 5.74) is 7.40. The molecule has 4 N–H and O–H groups in total. The molecule has 4 aliphatic rings. The number of rotatable bonds is 7. The number of morpholine rings is 1. The number of aliphatic imine (C=N–C) groups is 1. The average molecular weight is 549 g/mol. The second-order valence-electron chi connectivity index (χ2n) is 12.0. The van der Waals surface area contributed by atoms with Gasteiger partial charge in [-0.3, -0.25) is 0 Å². The Morgan fingerprint density at radius 1 is 1.18 bits per heavy atom. The number of hydrogen-bond acceptors (Lipinski definition) is 7. The van der Waals surface area contributed by atoms with E-state index in [1.165, 1.54) is 19.3 Å². The molecule has 214 valence electrons. The third kappa shape index (κ3) is 5.21. The molecule has 3 unspecified atom stereocenters. The van der Waals surface area contributed by atoms with Crippen LogP contribution < -0.4 is 16.0 Å². The van der Waals surface area contributed by atoms with Gasteiger partial charge in [0, 0.05) is 25.0 Å². The van der Waals surface area contributed by atoms with Crippen molar-refractivity contribution in [2.45, 2.75) is 95.9 Å². The zero-order chi connectivity index (χ0) is 27.8. The first-order valence-electron chi connectivity index (χ1n) is 14.9. The molecule has 3 aliphatic carbocycles. The second kappa shape index (κ2) is 11.2. The first kappa shape index (κ1) is 26.8. The van der Waals surface area contributed by atoms with Crippen molar-refractivity contribution in [1.29, 1.82) is 0 Å². The minimum Gasteiger partial charge on any atom is -0.463 e. The van der Waals surface area contributed by atoms with Gasteiger partial charge >= 0.3 is 6.09 Å². The van der Waals surface area contributed by atoms with E-state index in [-0.39, 0.29) is 29.8 Å². The summed E-state index contributed by atoms with van der Waals surface area (Å²) >= 11 is 0. The molecule has 1 aliphatic heterocycles. The lowest BCUT2D eigenvalue weighted by molar-refractivity contribution is 0.0247. The zero-order valence-electron chi connectivity index (χ0n) is 23.3. The number of terminal acetylenes is 1. The number of ether oxygens (including phenoxy) is 1. The Balaban J connectivity index is 1.46. The van der Waals surface area contributed by atoms with Gasteiger partial charge in [0.1, 0.15) is 5.52 Å². The highest BCUT2D eigenvalue weighted by Gasteiger charge is 2.39. The lowest BCUT2D eigenvalue weighted by Gasteiger charge is -2.39. The van der Waals surface area contributed by atoms with Crippen LogP contribution in [-0.4, -0.2) is 67.9 Å². The standard InChI is InChI=1S/C29H40N8O3/c1-3-18-10-12-19(13-11-18)16-37-23-25(31-17(2)20-6-4-7-20)33-27(24(30)32-29(38)39)34-26(23)35-28(37)36-14-15-40-22-9-5-8-21(22)36/h1,17-22H,4-16H2,2H3,(H2,30,32)(H,38,39)(H,31,33,34). The maximum Gasteiger partial charge on any atom is 0.433 e. The summed E-state index contributed by atoms with van der Waals surface area (Å²) in [7, 11) is 0. The monoisotopic (exact) mass is 548 g/mol. The Bertz CT molecular complexity index is 1320. The van der Waals surface area contributed by atoms with Crippen LogP contribution in [0.5, 0.6) is 0 Å². The van der Waals surface area contributed by atoms with Crippen LogP contribution in [0.25, 0.3) is 11.2 Å². The molecule has 0 radical (unpaired) electrons. The van der Waals surface area contributed by atoms with Gasteiger partial charge in [-0.1, -0.05) is 6.42 Å². The number of carboxylic acid groups (broad SMARTS) is 1. The van der Waals surface area contributed by atoms with Crippen molar-refractivity contribution in [3.63, 3.8) is 0 Å². The Morgan fingerprint density at radius 2 is 1.95 bits per heavy atom. The van der Waals surface area contributed by atoms with Crippen molar-refractivity contribution in [2.24, 2.45) is 28.5 Å². The zero-order valence-corrected chi connectivity index (χ0v) is 23.3. The molecule has 11 nitrogen and oxygen atoms in total. The van der Waals surface area contributed by atoms with Crippen molar-refractivity contribution in [3.05, 3.63) is 5.82 Å². The number of nitrogens with one attached hydrogen (secondary N) is 1. The molecular formula is C29H40N8O3. The lowest BCUT2D eigenvalue weighted by Crippen LogP contribution is -2.49. The van der Waals surface area contributed by atoms with E-state index < -0.39 is 6.09 Å². The van der Waals surface area contributed by atoms with Gasteiger partial charge < -0.3 is 30.4 Å². The van der Waals surface area contributed by atoms with Crippen molar-refractivity contribution >= 4 is 34.9 Å². The van der Waals surface area contributed by atoms with Crippen molar-refractivity contribution in [2.75, 3.05) is 23.4 Å². The molecular weight excluding hydrogens is 508 g/mol. The SMILES string of the molecule is C#CC1CCC(Cn2c(N3CCOC4CCCC43)nc3nc(C(N)=NC(=O)O)nc(NC(C)C4CCC4)c32)CC1. The van der Waals surface area contributed by atoms with Crippen LogP contribution in [0.1, 0.15) is 77.0 Å². The predicted octanol–water partition coefficient (Wildman–Crippen LogP) is 4.01. The number of imidazole rings is 1. The van der Waals surface area contributed by atoms with Gasteiger partial charge in [-0.05, 0) is 76.5 Å². The topological polar surface area (TPSA) is 144 Å². The summed E-state index contributed by atoms with van der Waals surface area (Å²) in [4.78, 5) is 31.7. The van der Waals surface area contributed by atoms with Gasteiger partial charge in [0.05, 0.1) is 18.8 Å². The van der Waals surface area contributed by atoms with Crippen LogP contribution in [0.3, 0.4) is 0 Å². The van der Waals surface area contributed by atoms with E-state index in [0.29, 0.717) is 35.8 Å². The number of aromatic nitrogens is 4. The molecule has 3 saturated carbocycles. The van der Waals surface area contributed by atoms with Crippen LogP contribution in [-0.2, 0) is 11.3 Å². The first-order valence-corrected chi connectivity index (χ1v) is 14.9. The number of nitrogens with zero attached hydrogens (tertiary/aromatic N) is 6. The number of amidine groups is 1. The molecule has 4 fully saturated rings. The van der Waals surface area contributed by atoms with Crippen LogP contribution in [0.2, 0.25) is 0 Å². The minimum absolute atomic E-state index is 0.0738. The molecule has 6 rings (SSSR count). The third-order valence-corrected chi connectivity index (χ3v) is 9.51. The summed E-state index contributed by atoms with van der Waals surface area (Å²) in [6, 6.07) is 0.468. The molecule has 11 heteroatoms. The van der Waals surface area contributed by atoms with Crippen LogP contribution in [0, 0.1) is 30.1 Å². The van der Waals surface area contributed by atoms with E-state index in [0.717, 1.165) is 69.5 Å². The molecule has 0 aromatic carbocycles. The summed E-state index contributed by atoms with van der Waals surface area (Å²) in [6.07, 6.45) is 15.7. The van der Waals surface area contributed by atoms with Gasteiger partial charge in [0.25, 0.3) is 0 Å². The average Bonchev–Trinajstić information content (AvgIpc) is 3.52. The van der Waals surface area contributed by atoms with Crippen molar-refractivity contribution in [3.8, 4) is 12.3 Å². The van der Waals surface area contributed by atoms with Gasteiger partial charge in [0.2, 0.25) is 5.95 Å². The van der Waals surface area contributed by atoms with E-state index in [1.807, 2.05) is 0 Å². The summed E-state index contributed by atoms with van der Waals surface area (Å²) < 4.78 is 8.43. The highest BCUT2D eigenvalue weighted by molar-refractivity contribution is 6.01. The highest BCUT2D eigenvalue weighted by atomic mass is 16.5. The van der Waals surface area contributed by atoms with Crippen LogP contribution in [0.15, 0.2) is 4.99 Å². The van der Waals surface area contributed by atoms with Crippen molar-refractivity contribution < 1.29 is 14.6 Å². The number of carbonyl (C=O) groups is 1. The summed E-state index contributed by atoms with van der Waals surface area (Å²) in [6.45, 7) is 4.40. The number of fused-ring (bicyclic) bond motifs is 2. The van der Waals surface area contributed by atoms with Crippen LogP contribution in [0.4, 0.5) is 16.6 Å². The molecule has 3 heterocycles. The predicted molar refractivity (Wildman–Crippen MR) is 154 cm³/mol. The van der Waals surface area contributed by atoms with Gasteiger partial charge in [-0.15, -0.1) is 12.3 Å². The summed E-state index contributed by atoms with van der Waals surface area (Å²) in [5.74, 6) is 5.69. The van der Waals surface area contributed by atoms with E-state index in [9.17, 15) is 9.90 Å². The molecule has 1 saturated heterocycles. The van der Waals surface area contributed by atoms with E-state index in [1.54, 1.807) is 0 Å². The maximum atomic E-state index is 11.3. The molecule has 3 atom stereocenters. The Labute approximate surface area is 235 Å². The molecule has 2 aromatic rings. The fourth-order valence-electron chi connectivity index (χ4n) is 7.00. The van der Waals surface area contributed by atoms with Gasteiger partial charge in [-0.25, -0.2) is 14.8 Å². The van der Waals surface area contributed by atoms with Crippen molar-refractivity contribution in [1.82, 2.24) is 19.5 Å². The highest BCUT2D eigenvalue weighted by Crippen LogP contribution is 2.38. The molecule has 2 aromatic heterocycles. The lowest BCUT2D eigenvalue weighted by atomic mass is 9.80. The molecule has 0 bridgehead atoms. The van der Waals surface area contributed by atoms with Gasteiger partial charge in [0.15, 0.2) is 23.1 Å². The second-order valence-corrected chi connectivity index (χ2v) is 12.0. The van der Waals surface area contributed by atoms with E-state index >= 15 is 0 Å². The smallest absolute Gasteiger partial charge is 0.433 e. The van der Waals surface area contributed by atoms with E-state index in [4.69, 9.17) is 26.9 Å². The first-order chi connectivity index (χ1) is 19.4. The summed E-state index contributed by atoms with van der Waals surface area (Å²) in [5, 5.41) is 12.9. The number of anilines is 2. The fourth-order valence-corrected chi connectivity index (χ4v) is 7.00. The Morgan fingerprint density at radius 3 is 2.65 bits per heavy atom. The number of amides is 1. The number of hydrogen-bond donors (Lipinski definition) is 3.